The highest BCUT2D eigenvalue weighted by molar-refractivity contribution is 5.76. The number of aliphatic hydroxyl groups excluding tert-OH is 8. The Hall–Kier alpha value is -3.35. The van der Waals surface area contributed by atoms with Crippen molar-refractivity contribution in [3.8, 4) is 0 Å². The summed E-state index contributed by atoms with van der Waals surface area (Å²) in [5.74, 6) is -0.262. The largest absolute Gasteiger partial charge is 0.394 e. The lowest BCUT2D eigenvalue weighted by atomic mass is 9.97. The molecule has 0 saturated carbocycles. The van der Waals surface area contributed by atoms with Crippen LogP contribution in [0.1, 0.15) is 290 Å². The lowest BCUT2D eigenvalue weighted by molar-refractivity contribution is -0.359. The van der Waals surface area contributed by atoms with Crippen molar-refractivity contribution in [1.29, 1.82) is 0 Å². The van der Waals surface area contributed by atoms with Crippen molar-refractivity contribution in [3.63, 3.8) is 0 Å². The summed E-state index contributed by atoms with van der Waals surface area (Å²) in [5, 5.41) is 87.5. The molecule has 0 radical (unpaired) electrons. The summed E-state index contributed by atoms with van der Waals surface area (Å²) in [7, 11) is 0. The summed E-state index contributed by atoms with van der Waals surface area (Å²) in [6, 6.07) is -0.948. The number of rotatable bonds is 61. The van der Waals surface area contributed by atoms with Crippen molar-refractivity contribution in [1.82, 2.24) is 5.32 Å². The van der Waals surface area contributed by atoms with Gasteiger partial charge < -0.3 is 65.1 Å². The third kappa shape index (κ3) is 45.7. The molecule has 536 valence electrons. The van der Waals surface area contributed by atoms with E-state index in [1.165, 1.54) is 154 Å². The lowest BCUT2D eigenvalue weighted by Crippen LogP contribution is -2.65. The van der Waals surface area contributed by atoms with Gasteiger partial charge in [0.15, 0.2) is 12.6 Å². The average Bonchev–Trinajstić information content (AvgIpc) is 0.854. The molecular weight excluding hydrogens is 1170 g/mol. The van der Waals surface area contributed by atoms with Crippen LogP contribution in [0.3, 0.4) is 0 Å². The van der Waals surface area contributed by atoms with E-state index in [1.807, 2.05) is 6.08 Å². The molecule has 2 fully saturated rings. The number of hydrogen-bond donors (Lipinski definition) is 9. The van der Waals surface area contributed by atoms with Crippen LogP contribution in [0.15, 0.2) is 109 Å². The smallest absolute Gasteiger partial charge is 0.220 e. The summed E-state index contributed by atoms with van der Waals surface area (Å²) < 4.78 is 22.9. The van der Waals surface area contributed by atoms with Gasteiger partial charge in [-0.1, -0.05) is 303 Å². The first-order valence-electron chi connectivity index (χ1n) is 37.6. The molecule has 2 heterocycles. The minimum Gasteiger partial charge on any atom is -0.394 e. The third-order valence-corrected chi connectivity index (χ3v) is 17.7. The maximum absolute atomic E-state index is 13.4. The summed E-state index contributed by atoms with van der Waals surface area (Å²) >= 11 is 0. The molecule has 2 aliphatic heterocycles. The first kappa shape index (κ1) is 85.7. The fourth-order valence-electron chi connectivity index (χ4n) is 11.8. The van der Waals surface area contributed by atoms with Crippen molar-refractivity contribution < 1.29 is 64.6 Å². The van der Waals surface area contributed by atoms with Gasteiger partial charge >= 0.3 is 0 Å². The number of allylic oxidation sites excluding steroid dienone is 17. The Kier molecular flexibility index (Phi) is 57.3. The number of ether oxygens (including phenoxy) is 4. The number of aliphatic hydroxyl groups is 8. The van der Waals surface area contributed by atoms with E-state index in [1.54, 1.807) is 6.08 Å². The summed E-state index contributed by atoms with van der Waals surface area (Å²) in [5.41, 5.74) is 0. The van der Waals surface area contributed by atoms with Gasteiger partial charge in [0.1, 0.15) is 48.8 Å². The molecule has 12 unspecified atom stereocenters. The Morgan fingerprint density at radius 1 is 0.398 bits per heavy atom. The van der Waals surface area contributed by atoms with E-state index in [0.29, 0.717) is 12.8 Å². The minimum absolute atomic E-state index is 0.254. The van der Waals surface area contributed by atoms with Crippen molar-refractivity contribution in [2.75, 3.05) is 19.8 Å². The molecule has 2 aliphatic rings. The van der Waals surface area contributed by atoms with Crippen molar-refractivity contribution in [2.24, 2.45) is 0 Å². The predicted octanol–water partition coefficient (Wildman–Crippen LogP) is 16.3. The minimum atomic E-state index is -1.80. The van der Waals surface area contributed by atoms with Gasteiger partial charge in [-0.2, -0.15) is 0 Å². The van der Waals surface area contributed by atoms with Crippen LogP contribution in [0.5, 0.6) is 0 Å². The molecule has 2 saturated heterocycles. The van der Waals surface area contributed by atoms with Gasteiger partial charge in [0.2, 0.25) is 5.91 Å². The highest BCUT2D eigenvalue weighted by Gasteiger charge is 2.51. The quantitative estimate of drug-likeness (QED) is 0.0204. The first-order valence-corrected chi connectivity index (χ1v) is 37.6. The molecular formula is C79H137NO13. The van der Waals surface area contributed by atoms with Crippen LogP contribution in [0.2, 0.25) is 0 Å². The van der Waals surface area contributed by atoms with Crippen molar-refractivity contribution in [3.05, 3.63) is 109 Å². The number of nitrogens with one attached hydrogen (secondary N) is 1. The standard InChI is InChI=1S/C79H137NO13/c1-3-5-7-9-11-13-15-17-19-21-23-25-27-29-31-33-35-36-38-40-42-44-46-48-50-52-54-56-58-60-62-68(83)67(66-90-78-76(89)74(87)77(70(65-82)92-78)93-79-75(88)73(86)72(85)69(64-81)91-79)80-71(84)63-61-59-57-55-53-51-49-47-45-43-41-39-37-34-32-30-28-26-24-22-20-18-16-14-12-10-8-6-4-2/h6,8,12,14,18,20,24,26,30,32,37,39,43,45,52,54,60,62,67-70,72-79,81-83,85-89H,3-5,7,9-11,13,15-17,19,21-23,25,27-29,31,33-36,38,40-42,44,46-51,53,55-59,61,63-66H2,1-2H3,(H,80,84)/b8-6-,14-12-,20-18-,26-24-,32-30-,39-37-,45-43-,54-52+,62-60+. The number of carbonyl (C=O) groups is 1. The van der Waals surface area contributed by atoms with E-state index in [-0.39, 0.29) is 18.9 Å². The zero-order valence-electron chi connectivity index (χ0n) is 58.5. The Morgan fingerprint density at radius 3 is 1.18 bits per heavy atom. The van der Waals surface area contributed by atoms with Crippen LogP contribution < -0.4 is 5.32 Å². The monoisotopic (exact) mass is 1310 g/mol. The Labute approximate surface area is 566 Å². The molecule has 93 heavy (non-hydrogen) atoms. The molecule has 9 N–H and O–H groups in total. The predicted molar refractivity (Wildman–Crippen MR) is 382 cm³/mol. The van der Waals surface area contributed by atoms with Gasteiger partial charge in [-0.25, -0.2) is 0 Å². The van der Waals surface area contributed by atoms with E-state index in [0.717, 1.165) is 103 Å². The second-order valence-electron chi connectivity index (χ2n) is 26.0. The van der Waals surface area contributed by atoms with Crippen molar-refractivity contribution in [2.45, 2.75) is 364 Å². The fraction of sp³-hybridized carbons (Fsp3) is 0.759. The Morgan fingerprint density at radius 2 is 0.753 bits per heavy atom. The fourth-order valence-corrected chi connectivity index (χ4v) is 11.8. The molecule has 0 spiro atoms. The van der Waals surface area contributed by atoms with Crippen LogP contribution in [0.25, 0.3) is 0 Å². The summed E-state index contributed by atoms with van der Waals surface area (Å²) in [6.45, 7) is 2.68. The number of hydrogen-bond acceptors (Lipinski definition) is 13. The number of unbranched alkanes of at least 4 members (excludes halogenated alkanes) is 32. The molecule has 2 rings (SSSR count). The normalized spacial score (nSPS) is 23.2. The van der Waals surface area contributed by atoms with E-state index >= 15 is 0 Å². The number of amides is 1. The molecule has 14 nitrogen and oxygen atoms in total. The molecule has 0 aliphatic carbocycles. The van der Waals surface area contributed by atoms with Gasteiger partial charge in [-0.3, -0.25) is 4.79 Å². The Bertz CT molecular complexity index is 1980. The van der Waals surface area contributed by atoms with Crippen molar-refractivity contribution >= 4 is 5.91 Å². The van der Waals surface area contributed by atoms with Gasteiger partial charge in [0, 0.05) is 6.42 Å². The molecule has 14 heteroatoms. The van der Waals surface area contributed by atoms with E-state index in [4.69, 9.17) is 18.9 Å². The zero-order valence-corrected chi connectivity index (χ0v) is 58.5. The second kappa shape index (κ2) is 62.2. The maximum Gasteiger partial charge on any atom is 0.220 e. The zero-order chi connectivity index (χ0) is 67.3. The molecule has 12 atom stereocenters. The van der Waals surface area contributed by atoms with Crippen LogP contribution >= 0.6 is 0 Å². The molecule has 0 aromatic heterocycles. The summed E-state index contributed by atoms with van der Waals surface area (Å²) in [6.07, 6.45) is 72.9. The lowest BCUT2D eigenvalue weighted by Gasteiger charge is -2.46. The van der Waals surface area contributed by atoms with Crippen LogP contribution in [-0.4, -0.2) is 140 Å². The van der Waals surface area contributed by atoms with Crippen LogP contribution in [0, 0.1) is 0 Å². The molecule has 0 aromatic rings. The molecule has 0 bridgehead atoms. The van der Waals surface area contributed by atoms with E-state index in [2.05, 4.69) is 116 Å². The third-order valence-electron chi connectivity index (χ3n) is 17.7. The average molecular weight is 1310 g/mol. The SMILES string of the molecule is CC/C=C\C/C=C\C/C=C\C/C=C\C/C=C\C/C=C\C/C=C\CCCCCCCCCC(=O)NC(COC1OC(CO)C(OC2OC(CO)C(O)C(O)C2O)C(O)C1O)C(O)/C=C/CC/C=C/CCCCCCCCCCCCCCCCCCCCCCCCCC. The van der Waals surface area contributed by atoms with Crippen LogP contribution in [0.4, 0.5) is 0 Å². The summed E-state index contributed by atoms with van der Waals surface area (Å²) in [4.78, 5) is 13.4. The number of carbonyl (C=O) groups excluding carboxylic acids is 1. The molecule has 0 aromatic carbocycles. The highest BCUT2D eigenvalue weighted by Crippen LogP contribution is 2.30. The Balaban J connectivity index is 1.69. The van der Waals surface area contributed by atoms with Gasteiger partial charge in [0.25, 0.3) is 0 Å². The van der Waals surface area contributed by atoms with Crippen LogP contribution in [-0.2, 0) is 23.7 Å². The van der Waals surface area contributed by atoms with E-state index < -0.39 is 86.8 Å². The van der Waals surface area contributed by atoms with Gasteiger partial charge in [-0.15, -0.1) is 0 Å². The second-order valence-corrected chi connectivity index (χ2v) is 26.0. The molecule has 1 amide bonds. The maximum atomic E-state index is 13.4. The first-order chi connectivity index (χ1) is 45.6. The highest BCUT2D eigenvalue weighted by atomic mass is 16.7. The van der Waals surface area contributed by atoms with Gasteiger partial charge in [0.05, 0.1) is 32.0 Å². The van der Waals surface area contributed by atoms with Gasteiger partial charge in [-0.05, 0) is 89.9 Å². The van der Waals surface area contributed by atoms with E-state index in [9.17, 15) is 45.6 Å². The topological polar surface area (TPSA) is 228 Å².